The van der Waals surface area contributed by atoms with Crippen LogP contribution in [0.2, 0.25) is 5.02 Å². The predicted octanol–water partition coefficient (Wildman–Crippen LogP) is 7.66. The van der Waals surface area contributed by atoms with Gasteiger partial charge in [-0.2, -0.15) is 26.3 Å². The maximum absolute atomic E-state index is 14.4. The summed E-state index contributed by atoms with van der Waals surface area (Å²) >= 11 is 5.98. The van der Waals surface area contributed by atoms with E-state index in [9.17, 15) is 55.0 Å². The minimum Gasteiger partial charge on any atom is -0.508 e. The lowest BCUT2D eigenvalue weighted by atomic mass is 9.51. The summed E-state index contributed by atoms with van der Waals surface area (Å²) in [5.41, 5.74) is -5.03. The van der Waals surface area contributed by atoms with Gasteiger partial charge in [0.25, 0.3) is 0 Å². The summed E-state index contributed by atoms with van der Waals surface area (Å²) < 4.78 is 96.4. The topological polar surface area (TPSA) is 95.0 Å². The fourth-order valence-electron chi connectivity index (χ4n) is 8.29. The van der Waals surface area contributed by atoms with E-state index in [1.54, 1.807) is 19.1 Å². The summed E-state index contributed by atoms with van der Waals surface area (Å²) in [6.07, 6.45) is -9.17. The van der Waals surface area contributed by atoms with Crippen LogP contribution < -0.4 is 9.80 Å². The van der Waals surface area contributed by atoms with Crippen LogP contribution in [0.15, 0.2) is 72.3 Å². The number of aromatic hydroxyl groups is 1. The average Bonchev–Trinajstić information content (AvgIpc) is 3.40. The molecule has 2 aliphatic heterocycles. The maximum Gasteiger partial charge on any atom is 0.416 e. The summed E-state index contributed by atoms with van der Waals surface area (Å²) in [5.74, 6) is -9.98. The Morgan fingerprint density at radius 1 is 0.800 bits per heavy atom. The molecule has 15 heteroatoms. The van der Waals surface area contributed by atoms with E-state index in [0.717, 1.165) is 17.0 Å². The third kappa shape index (κ3) is 4.93. The van der Waals surface area contributed by atoms with Gasteiger partial charge < -0.3 is 5.11 Å². The Hall–Kier alpha value is -4.72. The van der Waals surface area contributed by atoms with E-state index in [1.165, 1.54) is 24.3 Å². The van der Waals surface area contributed by atoms with Crippen molar-refractivity contribution in [2.45, 2.75) is 38.0 Å². The van der Waals surface area contributed by atoms with Gasteiger partial charge in [0.05, 0.1) is 50.7 Å². The molecule has 2 aliphatic carbocycles. The lowest BCUT2D eigenvalue weighted by Gasteiger charge is -2.49. The molecule has 6 atom stereocenters. The summed E-state index contributed by atoms with van der Waals surface area (Å²) in [6, 6.07) is 9.69. The van der Waals surface area contributed by atoms with Gasteiger partial charge in [0, 0.05) is 5.92 Å². The Morgan fingerprint density at radius 3 is 2.06 bits per heavy atom. The summed E-state index contributed by atoms with van der Waals surface area (Å²) in [4.78, 5) is 57.7. The van der Waals surface area contributed by atoms with Gasteiger partial charge >= 0.3 is 12.4 Å². The number of carbonyl (C=O) groups excluding carboxylic acids is 4. The van der Waals surface area contributed by atoms with Gasteiger partial charge in [0.2, 0.25) is 23.6 Å². The number of rotatable bonds is 3. The highest BCUT2D eigenvalue weighted by molar-refractivity contribution is 6.32. The van der Waals surface area contributed by atoms with E-state index >= 15 is 0 Å². The van der Waals surface area contributed by atoms with Crippen LogP contribution in [0.5, 0.6) is 5.75 Å². The molecule has 3 fully saturated rings. The Labute approximate surface area is 283 Å². The number of imide groups is 2. The molecule has 50 heavy (non-hydrogen) atoms. The highest BCUT2D eigenvalue weighted by Gasteiger charge is 2.67. The molecule has 4 aliphatic rings. The monoisotopic (exact) mass is 720 g/mol. The van der Waals surface area contributed by atoms with Gasteiger partial charge in [-0.15, -0.1) is 0 Å². The number of fused-ring (bicyclic) bond motifs is 4. The first-order valence-electron chi connectivity index (χ1n) is 15.3. The number of phenolic OH excluding ortho intramolecular Hbond substituents is 1. The zero-order chi connectivity index (χ0) is 36.2. The van der Waals surface area contributed by atoms with E-state index < -0.39 is 93.6 Å². The van der Waals surface area contributed by atoms with E-state index in [4.69, 9.17) is 11.6 Å². The Bertz CT molecular complexity index is 2010. The van der Waals surface area contributed by atoms with Crippen molar-refractivity contribution in [3.8, 4) is 5.75 Å². The minimum atomic E-state index is -5.23. The average molecular weight is 721 g/mol. The molecule has 4 amide bonds. The van der Waals surface area contributed by atoms with Crippen LogP contribution in [0.25, 0.3) is 0 Å². The van der Waals surface area contributed by atoms with Gasteiger partial charge in [-0.3, -0.25) is 19.2 Å². The van der Waals surface area contributed by atoms with Crippen molar-refractivity contribution in [3.05, 3.63) is 99.8 Å². The van der Waals surface area contributed by atoms with Crippen LogP contribution in [0, 0.1) is 34.9 Å². The normalized spacial score (nSPS) is 28.1. The number of amides is 4. The van der Waals surface area contributed by atoms with Crippen LogP contribution in [0.3, 0.4) is 0 Å². The number of hydrogen-bond donors (Lipinski definition) is 1. The summed E-state index contributed by atoms with van der Waals surface area (Å²) in [5, 5.41) is 10.1. The molecule has 1 saturated carbocycles. The summed E-state index contributed by atoms with van der Waals surface area (Å²) in [6.45, 7) is 1.55. The SMILES string of the molecule is CC12C(=O)N(c3ccc(F)c(Cl)c3)C(=O)C1CC1C(=CCC3C(=O)N(c4cc(C(F)(F)F)cc(C(F)(F)F)c4)C(=O)C31)C2c1cccc(O)c1. The number of anilines is 2. The van der Waals surface area contributed by atoms with E-state index in [0.29, 0.717) is 28.2 Å². The van der Waals surface area contributed by atoms with Crippen molar-refractivity contribution in [1.82, 2.24) is 0 Å². The smallest absolute Gasteiger partial charge is 0.416 e. The maximum atomic E-state index is 14.4. The number of benzene rings is 3. The molecule has 0 radical (unpaired) electrons. The van der Waals surface area contributed by atoms with E-state index in [-0.39, 0.29) is 35.4 Å². The van der Waals surface area contributed by atoms with E-state index in [1.807, 2.05) is 0 Å². The molecule has 6 unspecified atom stereocenters. The highest BCUT2D eigenvalue weighted by Crippen LogP contribution is 2.64. The Balaban J connectivity index is 1.35. The van der Waals surface area contributed by atoms with Crippen LogP contribution in [0.4, 0.5) is 42.1 Å². The fourth-order valence-corrected chi connectivity index (χ4v) is 8.47. The fraction of sp³-hybridized carbons (Fsp3) is 0.314. The number of carbonyl (C=O) groups is 4. The van der Waals surface area contributed by atoms with Crippen molar-refractivity contribution in [2.75, 3.05) is 9.80 Å². The third-order valence-corrected chi connectivity index (χ3v) is 10.8. The van der Waals surface area contributed by atoms with Crippen LogP contribution in [-0.4, -0.2) is 28.7 Å². The molecule has 7 rings (SSSR count). The molecule has 0 bridgehead atoms. The zero-order valence-electron chi connectivity index (χ0n) is 25.7. The second kappa shape index (κ2) is 11.1. The van der Waals surface area contributed by atoms with E-state index in [2.05, 4.69) is 0 Å². The molecular weight excluding hydrogens is 697 g/mol. The first-order chi connectivity index (χ1) is 23.3. The van der Waals surface area contributed by atoms with Gasteiger partial charge in [0.15, 0.2) is 0 Å². The molecule has 1 N–H and O–H groups in total. The van der Waals surface area contributed by atoms with Gasteiger partial charge in [-0.1, -0.05) is 35.4 Å². The number of hydrogen-bond acceptors (Lipinski definition) is 5. The predicted molar refractivity (Wildman–Crippen MR) is 163 cm³/mol. The number of phenols is 1. The minimum absolute atomic E-state index is 0.0187. The molecule has 3 aromatic carbocycles. The number of nitrogens with zero attached hydrogens (tertiary/aromatic N) is 2. The van der Waals surface area contributed by atoms with Gasteiger partial charge in [-0.25, -0.2) is 14.2 Å². The van der Waals surface area contributed by atoms with Crippen molar-refractivity contribution in [1.29, 1.82) is 0 Å². The molecule has 0 spiro atoms. The second-order valence-corrected chi connectivity index (χ2v) is 13.5. The standard InChI is InChI=1S/C35H24ClF7N2O5/c1-33-24(30(48)45(32(33)50)18-5-8-26(37)25(36)13-18)14-23-21(28(33)15-3-2-4-20(46)9-15)6-7-22-27(23)31(49)44(29(22)47)19-11-16(34(38,39)40)10-17(12-19)35(41,42)43/h2-6,8-13,22-24,27-28,46H,7,14H2,1H3. The molecule has 2 heterocycles. The molecule has 7 nitrogen and oxygen atoms in total. The number of halogens is 8. The quantitative estimate of drug-likeness (QED) is 0.170. The molecule has 2 saturated heterocycles. The number of alkyl halides is 6. The lowest BCUT2D eigenvalue weighted by Crippen LogP contribution is -2.48. The van der Waals surface area contributed by atoms with Crippen molar-refractivity contribution in [2.24, 2.45) is 29.1 Å². The lowest BCUT2D eigenvalue weighted by molar-refractivity contribution is -0.143. The van der Waals surface area contributed by atoms with Gasteiger partial charge in [-0.05, 0) is 79.8 Å². The second-order valence-electron chi connectivity index (χ2n) is 13.1. The highest BCUT2D eigenvalue weighted by atomic mass is 35.5. The van der Waals surface area contributed by atoms with Crippen LogP contribution in [-0.2, 0) is 31.5 Å². The summed E-state index contributed by atoms with van der Waals surface area (Å²) in [7, 11) is 0. The van der Waals surface area contributed by atoms with Gasteiger partial charge in [0.1, 0.15) is 11.6 Å². The van der Waals surface area contributed by atoms with Crippen molar-refractivity contribution < 1.29 is 55.0 Å². The Morgan fingerprint density at radius 2 is 1.46 bits per heavy atom. The third-order valence-electron chi connectivity index (χ3n) is 10.5. The first kappa shape index (κ1) is 33.8. The van der Waals surface area contributed by atoms with Crippen LogP contribution in [0.1, 0.15) is 42.4 Å². The molecular formula is C35H24ClF7N2O5. The van der Waals surface area contributed by atoms with Crippen molar-refractivity contribution >= 4 is 46.6 Å². The number of allylic oxidation sites excluding steroid dienone is 2. The van der Waals surface area contributed by atoms with Crippen molar-refractivity contribution in [3.63, 3.8) is 0 Å². The van der Waals surface area contributed by atoms with Crippen LogP contribution >= 0.6 is 11.6 Å². The molecule has 0 aromatic heterocycles. The first-order valence-corrected chi connectivity index (χ1v) is 15.7. The zero-order valence-corrected chi connectivity index (χ0v) is 26.4. The Kier molecular flexibility index (Phi) is 7.52. The molecule has 260 valence electrons. The largest absolute Gasteiger partial charge is 0.508 e. The molecule has 3 aromatic rings.